The van der Waals surface area contributed by atoms with Crippen molar-refractivity contribution in [1.82, 2.24) is 16.1 Å². The van der Waals surface area contributed by atoms with Gasteiger partial charge in [0.2, 0.25) is 0 Å². The van der Waals surface area contributed by atoms with Crippen LogP contribution in [0.25, 0.3) is 0 Å². The van der Waals surface area contributed by atoms with Gasteiger partial charge in [0.1, 0.15) is 0 Å². The maximum Gasteiger partial charge on any atom is 0.416 e. The molecule has 2 aromatic rings. The number of hydrogen-bond donors (Lipinski definition) is 3. The minimum absolute atomic E-state index is 0.216. The molecule has 0 aliphatic carbocycles. The van der Waals surface area contributed by atoms with Crippen LogP contribution in [0.15, 0.2) is 58.8 Å². The second-order valence-corrected chi connectivity index (χ2v) is 7.90. The number of hydrogen-bond acceptors (Lipinski definition) is 7. The largest absolute Gasteiger partial charge is 0.490 e. The molecule has 0 spiro atoms. The zero-order valence-electron chi connectivity index (χ0n) is 20.6. The fourth-order valence-corrected chi connectivity index (χ4v) is 3.53. The number of rotatable bonds is 9. The van der Waals surface area contributed by atoms with Crippen LogP contribution in [0.2, 0.25) is 0 Å². The van der Waals surface area contributed by atoms with Gasteiger partial charge in [-0.3, -0.25) is 4.79 Å². The lowest BCUT2D eigenvalue weighted by Gasteiger charge is -2.28. The molecular weight excluding hydrogens is 509 g/mol. The average Bonchev–Trinajstić information content (AvgIpc) is 2.87. The number of halogens is 3. The summed E-state index contributed by atoms with van der Waals surface area (Å²) in [5, 5.41) is 8.92. The number of allylic oxidation sites excluding steroid dienone is 1. The van der Waals surface area contributed by atoms with Gasteiger partial charge in [-0.15, -0.1) is 0 Å². The number of nitrogens with zero attached hydrogens (tertiary/aromatic N) is 1. The first-order valence-electron chi connectivity index (χ1n) is 11.3. The topological polar surface area (TPSA) is 127 Å². The molecule has 13 heteroatoms. The number of benzene rings is 2. The molecule has 3 N–H and O–H groups in total. The number of hydrazone groups is 1. The van der Waals surface area contributed by atoms with Gasteiger partial charge in [0.05, 0.1) is 37.1 Å². The summed E-state index contributed by atoms with van der Waals surface area (Å²) in [5.41, 5.74) is 2.86. The standard InChI is InChI=1S/C25H25F3N4O6/c1-4-37-19-11-16(22-21(23(34)36-3)14(2)30-24(35)31-22)7-10-18(19)38-13-20(33)32-29-12-15-5-8-17(9-6-15)25(26,27)28/h5-12,22H,4,13H2,1-3H3,(H,32,33)(H2,30,31,35)/b29-12+. The summed E-state index contributed by atoms with van der Waals surface area (Å²) in [6.07, 6.45) is -3.25. The van der Waals surface area contributed by atoms with Gasteiger partial charge in [-0.1, -0.05) is 18.2 Å². The Labute approximate surface area is 215 Å². The van der Waals surface area contributed by atoms with E-state index in [1.807, 2.05) is 0 Å². The van der Waals surface area contributed by atoms with Crippen molar-refractivity contribution in [2.45, 2.75) is 26.1 Å². The molecule has 1 aliphatic heterocycles. The Hall–Kier alpha value is -4.55. The molecule has 3 rings (SSSR count). The summed E-state index contributed by atoms with van der Waals surface area (Å²) >= 11 is 0. The number of ether oxygens (including phenoxy) is 3. The van der Waals surface area contributed by atoms with E-state index in [2.05, 4.69) is 21.2 Å². The van der Waals surface area contributed by atoms with Crippen LogP contribution in [0.4, 0.5) is 18.0 Å². The molecule has 38 heavy (non-hydrogen) atoms. The van der Waals surface area contributed by atoms with E-state index < -0.39 is 42.3 Å². The first-order chi connectivity index (χ1) is 18.0. The third kappa shape index (κ3) is 7.02. The predicted molar refractivity (Wildman–Crippen MR) is 129 cm³/mol. The van der Waals surface area contributed by atoms with Gasteiger partial charge in [0.15, 0.2) is 18.1 Å². The first-order valence-corrected chi connectivity index (χ1v) is 11.3. The molecule has 0 fully saturated rings. The van der Waals surface area contributed by atoms with E-state index in [1.165, 1.54) is 31.5 Å². The molecule has 0 aromatic heterocycles. The van der Waals surface area contributed by atoms with E-state index in [-0.39, 0.29) is 23.7 Å². The molecule has 202 valence electrons. The average molecular weight is 534 g/mol. The number of amides is 3. The minimum atomic E-state index is -4.44. The molecule has 3 amide bonds. The highest BCUT2D eigenvalue weighted by atomic mass is 19.4. The molecule has 1 atom stereocenters. The molecular formula is C25H25F3N4O6. The summed E-state index contributed by atoms with van der Waals surface area (Å²) in [6.45, 7) is 3.15. The van der Waals surface area contributed by atoms with Crippen molar-refractivity contribution < 1.29 is 41.8 Å². The molecule has 1 unspecified atom stereocenters. The molecule has 0 saturated heterocycles. The van der Waals surface area contributed by atoms with Gasteiger partial charge in [0, 0.05) is 5.70 Å². The lowest BCUT2D eigenvalue weighted by Crippen LogP contribution is -2.45. The van der Waals surface area contributed by atoms with Crippen molar-refractivity contribution in [3.63, 3.8) is 0 Å². The van der Waals surface area contributed by atoms with Crippen molar-refractivity contribution in [2.75, 3.05) is 20.3 Å². The van der Waals surface area contributed by atoms with Crippen molar-refractivity contribution in [2.24, 2.45) is 5.10 Å². The van der Waals surface area contributed by atoms with Gasteiger partial charge >= 0.3 is 18.2 Å². The summed E-state index contributed by atoms with van der Waals surface area (Å²) in [7, 11) is 1.23. The Balaban J connectivity index is 1.67. The Bertz CT molecular complexity index is 1260. The van der Waals surface area contributed by atoms with Crippen molar-refractivity contribution in [3.8, 4) is 11.5 Å². The first kappa shape index (κ1) is 28.0. The summed E-state index contributed by atoms with van der Waals surface area (Å²) < 4.78 is 53.9. The van der Waals surface area contributed by atoms with E-state index >= 15 is 0 Å². The lowest BCUT2D eigenvalue weighted by atomic mass is 9.95. The Morgan fingerprint density at radius 3 is 2.45 bits per heavy atom. The Kier molecular flexibility index (Phi) is 8.94. The highest BCUT2D eigenvalue weighted by molar-refractivity contribution is 5.95. The number of urea groups is 1. The lowest BCUT2D eigenvalue weighted by molar-refractivity contribution is -0.138. The van der Waals surface area contributed by atoms with Crippen LogP contribution >= 0.6 is 0 Å². The van der Waals surface area contributed by atoms with Crippen molar-refractivity contribution in [3.05, 3.63) is 70.4 Å². The summed E-state index contributed by atoms with van der Waals surface area (Å²) in [6, 6.07) is 7.65. The maximum absolute atomic E-state index is 12.6. The third-order valence-corrected chi connectivity index (χ3v) is 5.28. The van der Waals surface area contributed by atoms with Gasteiger partial charge < -0.3 is 24.8 Å². The van der Waals surface area contributed by atoms with Crippen LogP contribution in [0, 0.1) is 0 Å². The van der Waals surface area contributed by atoms with E-state index in [0.29, 0.717) is 16.8 Å². The number of carbonyl (C=O) groups is 3. The molecule has 1 aliphatic rings. The quantitative estimate of drug-likeness (QED) is 0.257. The zero-order valence-corrected chi connectivity index (χ0v) is 20.6. The van der Waals surface area contributed by atoms with Crippen LogP contribution in [-0.4, -0.2) is 44.4 Å². The molecule has 0 bridgehead atoms. The second kappa shape index (κ2) is 12.1. The monoisotopic (exact) mass is 534 g/mol. The van der Waals surface area contributed by atoms with E-state index in [1.54, 1.807) is 26.0 Å². The Morgan fingerprint density at radius 1 is 1.11 bits per heavy atom. The molecule has 2 aromatic carbocycles. The fourth-order valence-electron chi connectivity index (χ4n) is 3.53. The Morgan fingerprint density at radius 2 is 1.82 bits per heavy atom. The van der Waals surface area contributed by atoms with E-state index in [0.717, 1.165) is 12.1 Å². The van der Waals surface area contributed by atoms with Crippen LogP contribution < -0.4 is 25.5 Å². The highest BCUT2D eigenvalue weighted by Crippen LogP contribution is 2.35. The fraction of sp³-hybridized carbons (Fsp3) is 0.280. The number of nitrogens with one attached hydrogen (secondary N) is 3. The number of carbonyl (C=O) groups excluding carboxylic acids is 3. The third-order valence-electron chi connectivity index (χ3n) is 5.28. The molecule has 10 nitrogen and oxygen atoms in total. The molecule has 0 saturated carbocycles. The molecule has 0 radical (unpaired) electrons. The normalized spacial score (nSPS) is 15.5. The van der Waals surface area contributed by atoms with Crippen molar-refractivity contribution in [1.29, 1.82) is 0 Å². The number of methoxy groups -OCH3 is 1. The predicted octanol–water partition coefficient (Wildman–Crippen LogP) is 3.43. The van der Waals surface area contributed by atoms with Crippen LogP contribution in [0.5, 0.6) is 11.5 Å². The molecule has 1 heterocycles. The summed E-state index contributed by atoms with van der Waals surface area (Å²) in [4.78, 5) is 36.5. The van der Waals surface area contributed by atoms with E-state index in [4.69, 9.17) is 14.2 Å². The highest BCUT2D eigenvalue weighted by Gasteiger charge is 2.32. The van der Waals surface area contributed by atoms with Crippen LogP contribution in [-0.2, 0) is 20.5 Å². The number of alkyl halides is 3. The van der Waals surface area contributed by atoms with Gasteiger partial charge in [0.25, 0.3) is 5.91 Å². The van der Waals surface area contributed by atoms with Gasteiger partial charge in [-0.25, -0.2) is 15.0 Å². The maximum atomic E-state index is 12.6. The van der Waals surface area contributed by atoms with Crippen LogP contribution in [0.3, 0.4) is 0 Å². The SMILES string of the molecule is CCOc1cc(C2NC(=O)NC(C)=C2C(=O)OC)ccc1OCC(=O)N/N=C/c1ccc(C(F)(F)F)cc1. The smallest absolute Gasteiger partial charge is 0.416 e. The summed E-state index contributed by atoms with van der Waals surface area (Å²) in [5.74, 6) is -0.762. The number of esters is 1. The van der Waals surface area contributed by atoms with Crippen LogP contribution in [0.1, 0.15) is 36.6 Å². The van der Waals surface area contributed by atoms with Gasteiger partial charge in [-0.05, 0) is 49.2 Å². The van der Waals surface area contributed by atoms with E-state index in [9.17, 15) is 27.6 Å². The zero-order chi connectivity index (χ0) is 27.9. The van der Waals surface area contributed by atoms with Crippen molar-refractivity contribution >= 4 is 24.1 Å². The van der Waals surface area contributed by atoms with Gasteiger partial charge in [-0.2, -0.15) is 18.3 Å². The minimum Gasteiger partial charge on any atom is -0.490 e. The second-order valence-electron chi connectivity index (χ2n) is 7.90.